The van der Waals surface area contributed by atoms with Gasteiger partial charge in [-0.3, -0.25) is 4.79 Å². The van der Waals surface area contributed by atoms with Crippen LogP contribution in [0, 0.1) is 0 Å². The van der Waals surface area contributed by atoms with E-state index in [1.54, 1.807) is 31.4 Å². The molecule has 28 heavy (non-hydrogen) atoms. The van der Waals surface area contributed by atoms with E-state index in [9.17, 15) is 9.59 Å². The van der Waals surface area contributed by atoms with Gasteiger partial charge in [0.05, 0.1) is 17.3 Å². The van der Waals surface area contributed by atoms with Crippen molar-refractivity contribution < 1.29 is 13.9 Å². The number of halogens is 1. The minimum atomic E-state index is -0.554. The first-order valence-electron chi connectivity index (χ1n) is 9.04. The van der Waals surface area contributed by atoms with E-state index in [1.807, 2.05) is 18.2 Å². The zero-order valence-electron chi connectivity index (χ0n) is 15.3. The maximum atomic E-state index is 12.8. The van der Waals surface area contributed by atoms with Crippen molar-refractivity contribution in [3.63, 3.8) is 0 Å². The van der Waals surface area contributed by atoms with Gasteiger partial charge in [-0.2, -0.15) is 0 Å². The van der Waals surface area contributed by atoms with Gasteiger partial charge in [-0.1, -0.05) is 12.1 Å². The number of methoxy groups -OCH3 is 1. The molecule has 1 saturated heterocycles. The minimum absolute atomic E-state index is 0.178. The SMILES string of the molecule is COc1ccc(C(=O)Nc2c(N3CCCC3)c3ccccc3oc2=O)cc1Br. The van der Waals surface area contributed by atoms with E-state index < -0.39 is 5.63 Å². The molecule has 0 radical (unpaired) electrons. The Balaban J connectivity index is 1.78. The molecule has 1 N–H and O–H groups in total. The van der Waals surface area contributed by atoms with Gasteiger partial charge < -0.3 is 19.4 Å². The number of amides is 1. The first-order chi connectivity index (χ1) is 13.6. The van der Waals surface area contributed by atoms with Crippen molar-refractivity contribution in [2.45, 2.75) is 12.8 Å². The van der Waals surface area contributed by atoms with Crippen LogP contribution in [-0.4, -0.2) is 26.1 Å². The van der Waals surface area contributed by atoms with Gasteiger partial charge in [0.1, 0.15) is 11.3 Å². The molecule has 1 aliphatic heterocycles. The second kappa shape index (κ2) is 7.67. The summed E-state index contributed by atoms with van der Waals surface area (Å²) in [6, 6.07) is 12.4. The quantitative estimate of drug-likeness (QED) is 0.605. The Bertz CT molecular complexity index is 1100. The molecule has 1 aromatic heterocycles. The number of benzene rings is 2. The molecule has 1 fully saturated rings. The molecule has 3 aromatic rings. The monoisotopic (exact) mass is 442 g/mol. The van der Waals surface area contributed by atoms with E-state index >= 15 is 0 Å². The highest BCUT2D eigenvalue weighted by atomic mass is 79.9. The lowest BCUT2D eigenvalue weighted by Crippen LogP contribution is -2.25. The predicted molar refractivity (Wildman–Crippen MR) is 113 cm³/mol. The van der Waals surface area contributed by atoms with E-state index in [4.69, 9.17) is 9.15 Å². The number of carbonyl (C=O) groups is 1. The highest BCUT2D eigenvalue weighted by Gasteiger charge is 2.24. The Kier molecular flexibility index (Phi) is 5.09. The second-order valence-corrected chi connectivity index (χ2v) is 7.46. The summed E-state index contributed by atoms with van der Waals surface area (Å²) in [5.74, 6) is 0.242. The van der Waals surface area contributed by atoms with E-state index in [2.05, 4.69) is 26.1 Å². The van der Waals surface area contributed by atoms with Crippen LogP contribution < -0.4 is 20.6 Å². The van der Waals surface area contributed by atoms with E-state index in [0.717, 1.165) is 37.0 Å². The number of rotatable bonds is 4. The summed E-state index contributed by atoms with van der Waals surface area (Å²) in [6.07, 6.45) is 2.10. The van der Waals surface area contributed by atoms with Crippen LogP contribution in [-0.2, 0) is 0 Å². The number of anilines is 2. The largest absolute Gasteiger partial charge is 0.496 e. The van der Waals surface area contributed by atoms with Gasteiger partial charge in [0.2, 0.25) is 0 Å². The van der Waals surface area contributed by atoms with Crippen molar-refractivity contribution >= 4 is 44.2 Å². The molecule has 0 saturated carbocycles. The van der Waals surface area contributed by atoms with Gasteiger partial charge in [0, 0.05) is 24.0 Å². The summed E-state index contributed by atoms with van der Waals surface area (Å²) in [4.78, 5) is 27.7. The first-order valence-corrected chi connectivity index (χ1v) is 9.83. The smallest absolute Gasteiger partial charge is 0.362 e. The van der Waals surface area contributed by atoms with Crippen LogP contribution in [0.25, 0.3) is 11.0 Å². The van der Waals surface area contributed by atoms with Crippen LogP contribution in [0.1, 0.15) is 23.2 Å². The molecule has 0 bridgehead atoms. The van der Waals surface area contributed by atoms with Crippen molar-refractivity contribution in [3.8, 4) is 5.75 Å². The number of hydrogen-bond acceptors (Lipinski definition) is 5. The van der Waals surface area contributed by atoms with Crippen LogP contribution in [0.5, 0.6) is 5.75 Å². The number of nitrogens with zero attached hydrogens (tertiary/aromatic N) is 1. The van der Waals surface area contributed by atoms with Crippen LogP contribution in [0.3, 0.4) is 0 Å². The van der Waals surface area contributed by atoms with Gasteiger partial charge >= 0.3 is 5.63 Å². The minimum Gasteiger partial charge on any atom is -0.496 e. The Hall–Kier alpha value is -2.80. The third kappa shape index (κ3) is 3.38. The molecule has 1 aliphatic rings. The van der Waals surface area contributed by atoms with Crippen molar-refractivity contribution in [3.05, 3.63) is 62.9 Å². The molecule has 2 aromatic carbocycles. The van der Waals surface area contributed by atoms with Crippen molar-refractivity contribution in [1.82, 2.24) is 0 Å². The van der Waals surface area contributed by atoms with Gasteiger partial charge in [-0.05, 0) is 59.1 Å². The van der Waals surface area contributed by atoms with Gasteiger partial charge in [-0.25, -0.2) is 4.79 Å². The van der Waals surface area contributed by atoms with E-state index in [1.165, 1.54) is 0 Å². The molecule has 6 nitrogen and oxygen atoms in total. The molecule has 7 heteroatoms. The Morgan fingerprint density at radius 3 is 2.64 bits per heavy atom. The molecular weight excluding hydrogens is 424 g/mol. The molecule has 4 rings (SSSR count). The molecule has 1 amide bonds. The summed E-state index contributed by atoms with van der Waals surface area (Å²) in [5.41, 5.74) is 1.27. The zero-order valence-corrected chi connectivity index (χ0v) is 16.9. The standard InChI is InChI=1S/C21H19BrN2O4/c1-27-17-9-8-13(12-15(17)22)20(25)23-18-19(24-10-4-5-11-24)14-6-2-3-7-16(14)28-21(18)26/h2-3,6-9,12H,4-5,10-11H2,1H3,(H,23,25). The second-order valence-electron chi connectivity index (χ2n) is 6.61. The lowest BCUT2D eigenvalue weighted by molar-refractivity contribution is 0.102. The van der Waals surface area contributed by atoms with Crippen molar-refractivity contribution in [1.29, 1.82) is 0 Å². The van der Waals surface area contributed by atoms with Gasteiger partial charge in [0.15, 0.2) is 5.69 Å². The molecule has 0 unspecified atom stereocenters. The lowest BCUT2D eigenvalue weighted by atomic mass is 10.1. The topological polar surface area (TPSA) is 71.8 Å². The molecule has 0 atom stereocenters. The molecule has 0 spiro atoms. The molecule has 2 heterocycles. The van der Waals surface area contributed by atoms with Crippen LogP contribution in [0.4, 0.5) is 11.4 Å². The molecule has 0 aliphatic carbocycles. The lowest BCUT2D eigenvalue weighted by Gasteiger charge is -2.22. The fourth-order valence-corrected chi connectivity index (χ4v) is 4.05. The number of nitrogens with one attached hydrogen (secondary N) is 1. The summed E-state index contributed by atoms with van der Waals surface area (Å²) < 4.78 is 11.3. The fraction of sp³-hybridized carbons (Fsp3) is 0.238. The van der Waals surface area contributed by atoms with Gasteiger partial charge in [-0.15, -0.1) is 0 Å². The Labute approximate surface area is 170 Å². The average molecular weight is 443 g/mol. The molecule has 144 valence electrons. The number of para-hydroxylation sites is 1. The third-order valence-corrected chi connectivity index (χ3v) is 5.48. The van der Waals surface area contributed by atoms with Crippen molar-refractivity contribution in [2.75, 3.05) is 30.4 Å². The van der Waals surface area contributed by atoms with E-state index in [0.29, 0.717) is 21.4 Å². The fourth-order valence-electron chi connectivity index (χ4n) is 3.51. The maximum Gasteiger partial charge on any atom is 0.362 e. The average Bonchev–Trinajstić information content (AvgIpc) is 3.22. The van der Waals surface area contributed by atoms with Crippen LogP contribution in [0.2, 0.25) is 0 Å². The third-order valence-electron chi connectivity index (χ3n) is 4.86. The highest BCUT2D eigenvalue weighted by Crippen LogP contribution is 2.34. The Morgan fingerprint density at radius 2 is 1.93 bits per heavy atom. The first kappa shape index (κ1) is 18.6. The van der Waals surface area contributed by atoms with Crippen LogP contribution in [0.15, 0.2) is 56.1 Å². The zero-order chi connectivity index (χ0) is 19.7. The van der Waals surface area contributed by atoms with Gasteiger partial charge in [0.25, 0.3) is 5.91 Å². The summed E-state index contributed by atoms with van der Waals surface area (Å²) in [7, 11) is 1.56. The van der Waals surface area contributed by atoms with E-state index in [-0.39, 0.29) is 11.6 Å². The van der Waals surface area contributed by atoms with Crippen molar-refractivity contribution in [2.24, 2.45) is 0 Å². The summed E-state index contributed by atoms with van der Waals surface area (Å²) >= 11 is 3.38. The number of hydrogen-bond donors (Lipinski definition) is 1. The number of carbonyl (C=O) groups excluding carboxylic acids is 1. The van der Waals surface area contributed by atoms with Crippen LogP contribution >= 0.6 is 15.9 Å². The molecular formula is C21H19BrN2O4. The highest BCUT2D eigenvalue weighted by molar-refractivity contribution is 9.10. The Morgan fingerprint density at radius 1 is 1.18 bits per heavy atom. The normalized spacial score (nSPS) is 13.7. The maximum absolute atomic E-state index is 12.8. The number of ether oxygens (including phenoxy) is 1. The number of fused-ring (bicyclic) bond motifs is 1. The summed E-state index contributed by atoms with van der Waals surface area (Å²) in [5, 5.41) is 3.60. The summed E-state index contributed by atoms with van der Waals surface area (Å²) in [6.45, 7) is 1.68. The predicted octanol–water partition coefficient (Wildman–Crippen LogP) is 4.42.